The van der Waals surface area contributed by atoms with Gasteiger partial charge >= 0.3 is 0 Å². The average molecular weight is 276 g/mol. The Labute approximate surface area is 120 Å². The molecule has 2 aliphatic rings. The zero-order valence-electron chi connectivity index (χ0n) is 12.2. The minimum absolute atomic E-state index is 0.0350. The third-order valence-electron chi connectivity index (χ3n) is 4.82. The minimum Gasteiger partial charge on any atom is -0.350 e. The summed E-state index contributed by atoms with van der Waals surface area (Å²) in [4.78, 5) is 12.1. The third kappa shape index (κ3) is 2.87. The monoisotopic (exact) mass is 276 g/mol. The van der Waals surface area contributed by atoms with E-state index in [-0.39, 0.29) is 5.91 Å². The molecule has 3 rings (SSSR count). The Bertz CT molecular complexity index is 472. The molecular weight excluding hydrogens is 252 g/mol. The van der Waals surface area contributed by atoms with Gasteiger partial charge in [-0.2, -0.15) is 5.10 Å². The molecule has 1 saturated heterocycles. The first-order valence-electron chi connectivity index (χ1n) is 7.76. The number of aromatic nitrogens is 2. The Balaban J connectivity index is 1.56. The number of piperidine rings is 1. The molecule has 1 atom stereocenters. The van der Waals surface area contributed by atoms with E-state index in [0.29, 0.717) is 17.2 Å². The number of nitrogens with one attached hydrogen (secondary N) is 2. The summed E-state index contributed by atoms with van der Waals surface area (Å²) in [5.41, 5.74) is 0.924. The van der Waals surface area contributed by atoms with Crippen molar-refractivity contribution in [1.82, 2.24) is 20.4 Å². The Morgan fingerprint density at radius 1 is 1.60 bits per heavy atom. The fraction of sp³-hybridized carbons (Fsp3) is 0.733. The lowest BCUT2D eigenvalue weighted by Gasteiger charge is -2.22. The summed E-state index contributed by atoms with van der Waals surface area (Å²) in [5.74, 6) is -0.0350. The Morgan fingerprint density at radius 3 is 3.10 bits per heavy atom. The van der Waals surface area contributed by atoms with Gasteiger partial charge in [0.25, 0.3) is 5.91 Å². The lowest BCUT2D eigenvalue weighted by molar-refractivity contribution is 0.0938. The molecule has 0 bridgehead atoms. The number of amides is 1. The van der Waals surface area contributed by atoms with Gasteiger partial charge in [-0.1, -0.05) is 6.92 Å². The van der Waals surface area contributed by atoms with Gasteiger partial charge in [0, 0.05) is 19.3 Å². The van der Waals surface area contributed by atoms with E-state index >= 15 is 0 Å². The third-order valence-corrected chi connectivity index (χ3v) is 4.82. The highest BCUT2D eigenvalue weighted by atomic mass is 16.1. The van der Waals surface area contributed by atoms with Gasteiger partial charge in [0.15, 0.2) is 0 Å². The molecule has 1 unspecified atom stereocenters. The molecule has 110 valence electrons. The van der Waals surface area contributed by atoms with Crippen LogP contribution < -0.4 is 10.6 Å². The SMILES string of the molecule is CCC1(CNC(=O)c2ccn(C3CCCNC3)n2)CC1. The standard InChI is InChI=1S/C15H24N4O/c1-2-15(6-7-15)11-17-14(20)13-5-9-19(18-13)12-4-3-8-16-10-12/h5,9,12,16H,2-4,6-8,10-11H2,1H3,(H,17,20). The summed E-state index contributed by atoms with van der Waals surface area (Å²) in [6, 6.07) is 2.21. The van der Waals surface area contributed by atoms with Crippen molar-refractivity contribution in [2.45, 2.75) is 45.1 Å². The van der Waals surface area contributed by atoms with Crippen LogP contribution in [-0.2, 0) is 0 Å². The summed E-state index contributed by atoms with van der Waals surface area (Å²) < 4.78 is 1.94. The number of hydrogen-bond donors (Lipinski definition) is 2. The van der Waals surface area contributed by atoms with Gasteiger partial charge in [-0.3, -0.25) is 9.48 Å². The van der Waals surface area contributed by atoms with Gasteiger partial charge in [-0.05, 0) is 50.1 Å². The fourth-order valence-corrected chi connectivity index (χ4v) is 2.91. The van der Waals surface area contributed by atoms with E-state index in [2.05, 4.69) is 22.7 Å². The van der Waals surface area contributed by atoms with E-state index < -0.39 is 0 Å². The van der Waals surface area contributed by atoms with Crippen molar-refractivity contribution >= 4 is 5.91 Å². The average Bonchev–Trinajstić information content (AvgIpc) is 3.12. The normalized spacial score (nSPS) is 24.4. The second-order valence-corrected chi connectivity index (χ2v) is 6.22. The molecule has 2 N–H and O–H groups in total. The van der Waals surface area contributed by atoms with Crippen molar-refractivity contribution < 1.29 is 4.79 Å². The maximum atomic E-state index is 12.1. The smallest absolute Gasteiger partial charge is 0.271 e. The lowest BCUT2D eigenvalue weighted by Crippen LogP contribution is -2.33. The Hall–Kier alpha value is -1.36. The van der Waals surface area contributed by atoms with Crippen LogP contribution in [0.3, 0.4) is 0 Å². The number of hydrogen-bond acceptors (Lipinski definition) is 3. The van der Waals surface area contributed by atoms with E-state index in [9.17, 15) is 4.79 Å². The van der Waals surface area contributed by atoms with Crippen LogP contribution in [0.1, 0.15) is 55.6 Å². The van der Waals surface area contributed by atoms with E-state index in [1.807, 2.05) is 16.9 Å². The molecule has 20 heavy (non-hydrogen) atoms. The fourth-order valence-electron chi connectivity index (χ4n) is 2.91. The number of nitrogens with zero attached hydrogens (tertiary/aromatic N) is 2. The van der Waals surface area contributed by atoms with Crippen molar-refractivity contribution in [1.29, 1.82) is 0 Å². The highest BCUT2D eigenvalue weighted by Gasteiger charge is 2.40. The minimum atomic E-state index is -0.0350. The van der Waals surface area contributed by atoms with Crippen molar-refractivity contribution in [2.75, 3.05) is 19.6 Å². The predicted octanol–water partition coefficient (Wildman–Crippen LogP) is 1.73. The van der Waals surface area contributed by atoms with Crippen LogP contribution in [0, 0.1) is 5.41 Å². The summed E-state index contributed by atoms with van der Waals surface area (Å²) in [7, 11) is 0. The van der Waals surface area contributed by atoms with Crippen LogP contribution in [0.25, 0.3) is 0 Å². The summed E-state index contributed by atoms with van der Waals surface area (Å²) in [5, 5.41) is 10.9. The molecule has 1 amide bonds. The molecule has 1 aromatic heterocycles. The van der Waals surface area contributed by atoms with Crippen LogP contribution in [0.5, 0.6) is 0 Å². The van der Waals surface area contributed by atoms with Crippen molar-refractivity contribution in [2.24, 2.45) is 5.41 Å². The highest BCUT2D eigenvalue weighted by Crippen LogP contribution is 2.47. The van der Waals surface area contributed by atoms with Crippen LogP contribution in [0.15, 0.2) is 12.3 Å². The van der Waals surface area contributed by atoms with Crippen molar-refractivity contribution in [3.05, 3.63) is 18.0 Å². The van der Waals surface area contributed by atoms with Gasteiger partial charge in [0.1, 0.15) is 5.69 Å². The van der Waals surface area contributed by atoms with Crippen LogP contribution >= 0.6 is 0 Å². The largest absolute Gasteiger partial charge is 0.350 e. The van der Waals surface area contributed by atoms with E-state index in [4.69, 9.17) is 0 Å². The maximum Gasteiger partial charge on any atom is 0.271 e. The molecule has 0 aromatic carbocycles. The van der Waals surface area contributed by atoms with Gasteiger partial charge in [-0.25, -0.2) is 0 Å². The van der Waals surface area contributed by atoms with Crippen molar-refractivity contribution in [3.8, 4) is 0 Å². The molecule has 5 heteroatoms. The number of rotatable bonds is 5. The first kappa shape index (κ1) is 13.6. The van der Waals surface area contributed by atoms with Gasteiger partial charge in [-0.15, -0.1) is 0 Å². The van der Waals surface area contributed by atoms with Gasteiger partial charge < -0.3 is 10.6 Å². The first-order valence-corrected chi connectivity index (χ1v) is 7.76. The molecule has 1 aliphatic carbocycles. The molecule has 5 nitrogen and oxygen atoms in total. The van der Waals surface area contributed by atoms with E-state index in [0.717, 1.165) is 32.5 Å². The molecule has 0 radical (unpaired) electrons. The summed E-state index contributed by atoms with van der Waals surface area (Å²) in [6.07, 6.45) is 7.87. The molecule has 2 fully saturated rings. The van der Waals surface area contributed by atoms with Crippen LogP contribution in [0.2, 0.25) is 0 Å². The molecule has 2 heterocycles. The highest BCUT2D eigenvalue weighted by molar-refractivity contribution is 5.92. The quantitative estimate of drug-likeness (QED) is 0.861. The zero-order chi connectivity index (χ0) is 14.0. The molecule has 1 aromatic rings. The molecule has 0 spiro atoms. The Morgan fingerprint density at radius 2 is 2.45 bits per heavy atom. The molecule has 1 saturated carbocycles. The van der Waals surface area contributed by atoms with E-state index in [1.54, 1.807) is 0 Å². The zero-order valence-corrected chi connectivity index (χ0v) is 12.2. The van der Waals surface area contributed by atoms with Crippen LogP contribution in [0.4, 0.5) is 0 Å². The first-order chi connectivity index (χ1) is 9.72. The van der Waals surface area contributed by atoms with Gasteiger partial charge in [0.2, 0.25) is 0 Å². The topological polar surface area (TPSA) is 59.0 Å². The van der Waals surface area contributed by atoms with Gasteiger partial charge in [0.05, 0.1) is 6.04 Å². The molecule has 1 aliphatic heterocycles. The summed E-state index contributed by atoms with van der Waals surface area (Å²) >= 11 is 0. The maximum absolute atomic E-state index is 12.1. The number of carbonyl (C=O) groups excluding carboxylic acids is 1. The molecular formula is C15H24N4O. The second-order valence-electron chi connectivity index (χ2n) is 6.22. The Kier molecular flexibility index (Phi) is 3.78. The predicted molar refractivity (Wildman–Crippen MR) is 77.7 cm³/mol. The second kappa shape index (κ2) is 5.56. The van der Waals surface area contributed by atoms with Crippen molar-refractivity contribution in [3.63, 3.8) is 0 Å². The van der Waals surface area contributed by atoms with E-state index in [1.165, 1.54) is 19.3 Å². The lowest BCUT2D eigenvalue weighted by atomic mass is 10.0. The number of carbonyl (C=O) groups is 1. The summed E-state index contributed by atoms with van der Waals surface area (Å²) in [6.45, 7) is 5.02. The van der Waals surface area contributed by atoms with Crippen LogP contribution in [-0.4, -0.2) is 35.3 Å².